The zero-order valence-electron chi connectivity index (χ0n) is 19.3. The van der Waals surface area contributed by atoms with E-state index in [9.17, 15) is 19.5 Å². The highest BCUT2D eigenvalue weighted by Gasteiger charge is 2.29. The number of hydrogen-bond acceptors (Lipinski definition) is 6. The molecule has 0 bridgehead atoms. The second kappa shape index (κ2) is 11.1. The molecular formula is C26H27N3O5S. The first-order valence-corrected chi connectivity index (χ1v) is 12.4. The predicted octanol–water partition coefficient (Wildman–Crippen LogP) is 4.09. The summed E-state index contributed by atoms with van der Waals surface area (Å²) < 4.78 is 5.53. The summed E-state index contributed by atoms with van der Waals surface area (Å²) in [4.78, 5) is 40.1. The van der Waals surface area contributed by atoms with Gasteiger partial charge in [-0.25, -0.2) is 14.6 Å². The zero-order chi connectivity index (χ0) is 24.8. The molecule has 0 aliphatic heterocycles. The van der Waals surface area contributed by atoms with E-state index >= 15 is 0 Å². The standard InChI is InChI=1S/C26H27N3O5S/c1-2-7-22(25(31)32)29-23(30)12-16-15-35-24(28-16)13-27-26(33)34-14-21-19-10-5-3-8-17(19)18-9-4-6-11-20(18)21/h3-6,8-11,15,21-22H,2,7,12-14H2,1H3,(H,27,33)(H,29,30)(H,31,32). The first kappa shape index (κ1) is 24.4. The van der Waals surface area contributed by atoms with E-state index in [0.717, 1.165) is 11.1 Å². The van der Waals surface area contributed by atoms with E-state index in [0.29, 0.717) is 23.5 Å². The molecular weight excluding hydrogens is 466 g/mol. The quantitative estimate of drug-likeness (QED) is 0.392. The van der Waals surface area contributed by atoms with Crippen LogP contribution in [0.1, 0.15) is 47.5 Å². The highest BCUT2D eigenvalue weighted by atomic mass is 32.1. The van der Waals surface area contributed by atoms with Crippen molar-refractivity contribution >= 4 is 29.3 Å². The molecule has 1 aliphatic rings. The largest absolute Gasteiger partial charge is 0.480 e. The monoisotopic (exact) mass is 493 g/mol. The third-order valence-electron chi connectivity index (χ3n) is 5.88. The maximum atomic E-state index is 12.4. The summed E-state index contributed by atoms with van der Waals surface area (Å²) in [7, 11) is 0. The summed E-state index contributed by atoms with van der Waals surface area (Å²) in [6.07, 6.45) is 0.465. The molecule has 9 heteroatoms. The van der Waals surface area contributed by atoms with Crippen molar-refractivity contribution in [2.45, 2.75) is 44.7 Å². The van der Waals surface area contributed by atoms with Crippen LogP contribution < -0.4 is 10.6 Å². The van der Waals surface area contributed by atoms with Crippen LogP contribution in [0, 0.1) is 0 Å². The number of benzene rings is 2. The van der Waals surface area contributed by atoms with E-state index in [1.807, 2.05) is 31.2 Å². The van der Waals surface area contributed by atoms with Crippen LogP contribution >= 0.6 is 11.3 Å². The number of fused-ring (bicyclic) bond motifs is 3. The van der Waals surface area contributed by atoms with Gasteiger partial charge in [-0.1, -0.05) is 61.9 Å². The van der Waals surface area contributed by atoms with Gasteiger partial charge in [0, 0.05) is 11.3 Å². The molecule has 1 heterocycles. The highest BCUT2D eigenvalue weighted by Crippen LogP contribution is 2.44. The molecule has 2 amide bonds. The van der Waals surface area contributed by atoms with E-state index in [1.165, 1.54) is 22.5 Å². The number of amides is 2. The minimum atomic E-state index is -1.05. The topological polar surface area (TPSA) is 118 Å². The van der Waals surface area contributed by atoms with Gasteiger partial charge < -0.3 is 20.5 Å². The van der Waals surface area contributed by atoms with Gasteiger partial charge in [0.05, 0.1) is 18.7 Å². The van der Waals surface area contributed by atoms with Crippen LogP contribution in [-0.2, 0) is 27.3 Å². The molecule has 0 radical (unpaired) electrons. The summed E-state index contributed by atoms with van der Waals surface area (Å²) in [5.74, 6) is -1.46. The molecule has 8 nitrogen and oxygen atoms in total. The second-order valence-electron chi connectivity index (χ2n) is 8.34. The Morgan fingerprint density at radius 3 is 2.37 bits per heavy atom. The van der Waals surface area contributed by atoms with Gasteiger partial charge in [0.2, 0.25) is 5.91 Å². The van der Waals surface area contributed by atoms with Crippen molar-refractivity contribution in [1.82, 2.24) is 15.6 Å². The molecule has 1 aromatic heterocycles. The number of rotatable bonds is 10. The molecule has 1 aliphatic carbocycles. The number of hydrogen-bond donors (Lipinski definition) is 3. The lowest BCUT2D eigenvalue weighted by Gasteiger charge is -2.14. The molecule has 0 spiro atoms. The lowest BCUT2D eigenvalue weighted by atomic mass is 9.98. The molecule has 1 atom stereocenters. The lowest BCUT2D eigenvalue weighted by Crippen LogP contribution is -2.41. The number of carbonyl (C=O) groups excluding carboxylic acids is 2. The Kier molecular flexibility index (Phi) is 7.77. The van der Waals surface area contributed by atoms with Gasteiger partial charge in [-0.3, -0.25) is 4.79 Å². The fraction of sp³-hybridized carbons (Fsp3) is 0.308. The number of carboxylic acids is 1. The van der Waals surface area contributed by atoms with Crippen molar-refractivity contribution in [3.05, 3.63) is 75.7 Å². The minimum absolute atomic E-state index is 0.0135. The van der Waals surface area contributed by atoms with Crippen LogP contribution in [0.15, 0.2) is 53.9 Å². The fourth-order valence-electron chi connectivity index (χ4n) is 4.26. The molecule has 1 unspecified atom stereocenters. The Morgan fingerprint density at radius 2 is 1.74 bits per heavy atom. The molecule has 2 aromatic carbocycles. The predicted molar refractivity (Wildman–Crippen MR) is 132 cm³/mol. The second-order valence-corrected chi connectivity index (χ2v) is 9.28. The van der Waals surface area contributed by atoms with Gasteiger partial charge in [0.15, 0.2) is 0 Å². The molecule has 0 fully saturated rings. The number of nitrogens with zero attached hydrogens (tertiary/aromatic N) is 1. The molecule has 3 N–H and O–H groups in total. The normalized spacial score (nSPS) is 12.9. The third-order valence-corrected chi connectivity index (χ3v) is 6.78. The van der Waals surface area contributed by atoms with E-state index in [1.54, 1.807) is 5.38 Å². The summed E-state index contributed by atoms with van der Waals surface area (Å²) in [6.45, 7) is 2.26. The number of nitrogens with one attached hydrogen (secondary N) is 2. The fourth-order valence-corrected chi connectivity index (χ4v) is 5.00. The van der Waals surface area contributed by atoms with Gasteiger partial charge in [-0.15, -0.1) is 11.3 Å². The molecule has 0 saturated heterocycles. The number of aliphatic carboxylic acids is 1. The van der Waals surface area contributed by atoms with Crippen molar-refractivity contribution in [1.29, 1.82) is 0 Å². The van der Waals surface area contributed by atoms with Gasteiger partial charge in [-0.2, -0.15) is 0 Å². The smallest absolute Gasteiger partial charge is 0.407 e. The summed E-state index contributed by atoms with van der Waals surface area (Å²) >= 11 is 1.32. The number of ether oxygens (including phenoxy) is 1. The van der Waals surface area contributed by atoms with Crippen molar-refractivity contribution in [3.63, 3.8) is 0 Å². The summed E-state index contributed by atoms with van der Waals surface area (Å²) in [6, 6.07) is 15.4. The van der Waals surface area contributed by atoms with Crippen LogP contribution in [-0.4, -0.2) is 40.7 Å². The molecule has 0 saturated carbocycles. The van der Waals surface area contributed by atoms with Crippen molar-refractivity contribution < 1.29 is 24.2 Å². The first-order valence-electron chi connectivity index (χ1n) is 11.5. The Balaban J connectivity index is 1.27. The van der Waals surface area contributed by atoms with Gasteiger partial charge in [-0.05, 0) is 28.7 Å². The number of carboxylic acid groups (broad SMARTS) is 1. The number of aromatic nitrogens is 1. The van der Waals surface area contributed by atoms with E-state index in [-0.39, 0.29) is 25.5 Å². The Labute approximate surface area is 207 Å². The van der Waals surface area contributed by atoms with Crippen LogP contribution in [0.4, 0.5) is 4.79 Å². The SMILES string of the molecule is CCCC(NC(=O)Cc1csc(CNC(=O)OCC2c3ccccc3-c3ccccc32)n1)C(=O)O. The summed E-state index contributed by atoms with van der Waals surface area (Å²) in [5, 5.41) is 16.8. The Morgan fingerprint density at radius 1 is 1.09 bits per heavy atom. The van der Waals surface area contributed by atoms with Crippen LogP contribution in [0.25, 0.3) is 11.1 Å². The van der Waals surface area contributed by atoms with Crippen LogP contribution in [0.3, 0.4) is 0 Å². The van der Waals surface area contributed by atoms with Crippen molar-refractivity contribution in [2.75, 3.05) is 6.61 Å². The van der Waals surface area contributed by atoms with Crippen molar-refractivity contribution in [2.24, 2.45) is 0 Å². The molecule has 4 rings (SSSR count). The van der Waals surface area contributed by atoms with Crippen LogP contribution in [0.5, 0.6) is 0 Å². The van der Waals surface area contributed by atoms with E-state index in [4.69, 9.17) is 4.74 Å². The van der Waals surface area contributed by atoms with E-state index in [2.05, 4.69) is 39.9 Å². The maximum absolute atomic E-state index is 12.4. The van der Waals surface area contributed by atoms with Crippen LogP contribution in [0.2, 0.25) is 0 Å². The average molecular weight is 494 g/mol. The van der Waals surface area contributed by atoms with Gasteiger partial charge >= 0.3 is 12.1 Å². The summed E-state index contributed by atoms with van der Waals surface area (Å²) in [5.41, 5.74) is 5.15. The zero-order valence-corrected chi connectivity index (χ0v) is 20.1. The lowest BCUT2D eigenvalue weighted by molar-refractivity contribution is -0.141. The average Bonchev–Trinajstić information content (AvgIpc) is 3.43. The Hall–Kier alpha value is -3.72. The van der Waals surface area contributed by atoms with Gasteiger partial charge in [0.1, 0.15) is 17.7 Å². The third kappa shape index (κ3) is 5.86. The Bertz CT molecular complexity index is 1180. The molecule has 3 aromatic rings. The van der Waals surface area contributed by atoms with Gasteiger partial charge in [0.25, 0.3) is 0 Å². The minimum Gasteiger partial charge on any atom is -0.480 e. The number of thiazole rings is 1. The number of carbonyl (C=O) groups is 3. The van der Waals surface area contributed by atoms with E-state index < -0.39 is 24.0 Å². The van der Waals surface area contributed by atoms with Crippen molar-refractivity contribution in [3.8, 4) is 11.1 Å². The number of alkyl carbamates (subject to hydrolysis) is 1. The molecule has 35 heavy (non-hydrogen) atoms. The molecule has 182 valence electrons. The maximum Gasteiger partial charge on any atom is 0.407 e. The first-order chi connectivity index (χ1) is 17.0. The highest BCUT2D eigenvalue weighted by molar-refractivity contribution is 7.09.